The second kappa shape index (κ2) is 8.64. The number of alkyl halides is 3. The molecule has 1 atom stereocenters. The summed E-state index contributed by atoms with van der Waals surface area (Å²) in [7, 11) is 1.63. The Bertz CT molecular complexity index is 804. The van der Waals surface area contributed by atoms with Gasteiger partial charge in [-0.1, -0.05) is 11.2 Å². The number of piperidine rings is 1. The van der Waals surface area contributed by atoms with Gasteiger partial charge in [-0.05, 0) is 37.0 Å². The second-order valence-electron chi connectivity index (χ2n) is 6.71. The van der Waals surface area contributed by atoms with Crippen LogP contribution in [0.4, 0.5) is 13.2 Å². The van der Waals surface area contributed by atoms with E-state index >= 15 is 0 Å². The molecule has 3 rings (SSSR count). The van der Waals surface area contributed by atoms with E-state index in [4.69, 9.17) is 14.0 Å². The maximum Gasteiger partial charge on any atom is 0.416 e. The number of amides is 1. The molecule has 1 fully saturated rings. The SMILES string of the molecule is COC[C@@H]1CCCN(C(=O)c2cc(COc3cccc(C(F)(F)F)c3)on2)C1. The molecular formula is C19H21F3N2O4. The maximum atomic E-state index is 12.7. The largest absolute Gasteiger partial charge is 0.486 e. The number of carbonyl (C=O) groups is 1. The van der Waals surface area contributed by atoms with Crippen LogP contribution in [-0.4, -0.2) is 42.8 Å². The van der Waals surface area contributed by atoms with E-state index in [0.717, 1.165) is 25.0 Å². The first kappa shape index (κ1) is 20.2. The van der Waals surface area contributed by atoms with Crippen LogP contribution in [0.15, 0.2) is 34.9 Å². The predicted molar refractivity (Wildman–Crippen MR) is 92.8 cm³/mol. The van der Waals surface area contributed by atoms with Crippen molar-refractivity contribution in [2.75, 3.05) is 26.8 Å². The quantitative estimate of drug-likeness (QED) is 0.741. The molecule has 0 bridgehead atoms. The summed E-state index contributed by atoms with van der Waals surface area (Å²) in [5.41, 5.74) is -0.644. The Morgan fingerprint density at radius 3 is 2.93 bits per heavy atom. The molecule has 0 aliphatic carbocycles. The van der Waals surface area contributed by atoms with Gasteiger partial charge in [-0.3, -0.25) is 4.79 Å². The molecule has 1 aliphatic rings. The van der Waals surface area contributed by atoms with Crippen LogP contribution in [0.5, 0.6) is 5.75 Å². The third-order valence-corrected chi connectivity index (χ3v) is 4.53. The molecule has 0 saturated carbocycles. The molecule has 28 heavy (non-hydrogen) atoms. The molecule has 2 heterocycles. The van der Waals surface area contributed by atoms with Crippen molar-refractivity contribution in [1.29, 1.82) is 0 Å². The van der Waals surface area contributed by atoms with E-state index in [9.17, 15) is 18.0 Å². The minimum Gasteiger partial charge on any atom is -0.486 e. The van der Waals surface area contributed by atoms with E-state index in [-0.39, 0.29) is 29.7 Å². The van der Waals surface area contributed by atoms with Crippen LogP contribution in [0.2, 0.25) is 0 Å². The number of methoxy groups -OCH3 is 1. The van der Waals surface area contributed by atoms with Crippen LogP contribution in [0.25, 0.3) is 0 Å². The van der Waals surface area contributed by atoms with E-state index in [1.165, 1.54) is 18.2 Å². The fourth-order valence-corrected chi connectivity index (χ4v) is 3.18. The molecule has 0 spiro atoms. The Morgan fingerprint density at radius 2 is 2.18 bits per heavy atom. The molecule has 1 amide bonds. The van der Waals surface area contributed by atoms with Crippen molar-refractivity contribution in [2.45, 2.75) is 25.6 Å². The Balaban J connectivity index is 1.59. The van der Waals surface area contributed by atoms with Crippen molar-refractivity contribution >= 4 is 5.91 Å². The van der Waals surface area contributed by atoms with Gasteiger partial charge in [0.2, 0.25) is 0 Å². The minimum absolute atomic E-state index is 0.0533. The highest BCUT2D eigenvalue weighted by molar-refractivity contribution is 5.92. The molecular weight excluding hydrogens is 377 g/mol. The number of ether oxygens (including phenoxy) is 2. The van der Waals surface area contributed by atoms with E-state index in [2.05, 4.69) is 5.16 Å². The third kappa shape index (κ3) is 5.03. The van der Waals surface area contributed by atoms with Gasteiger partial charge >= 0.3 is 6.18 Å². The van der Waals surface area contributed by atoms with Crippen LogP contribution < -0.4 is 4.74 Å². The Hall–Kier alpha value is -2.55. The van der Waals surface area contributed by atoms with Gasteiger partial charge in [0.15, 0.2) is 11.5 Å². The molecule has 2 aromatic rings. The first-order chi connectivity index (χ1) is 13.4. The van der Waals surface area contributed by atoms with Crippen LogP contribution in [-0.2, 0) is 17.5 Å². The van der Waals surface area contributed by atoms with Crippen molar-refractivity contribution in [3.05, 3.63) is 47.3 Å². The topological polar surface area (TPSA) is 64.8 Å². The highest BCUT2D eigenvalue weighted by Gasteiger charge is 2.30. The number of halogens is 3. The van der Waals surface area contributed by atoms with Crippen molar-refractivity contribution in [1.82, 2.24) is 10.1 Å². The molecule has 0 N–H and O–H groups in total. The molecule has 0 radical (unpaired) electrons. The van der Waals surface area contributed by atoms with Gasteiger partial charge in [0.05, 0.1) is 12.2 Å². The molecule has 1 aromatic carbocycles. The Morgan fingerprint density at radius 1 is 1.36 bits per heavy atom. The molecule has 1 saturated heterocycles. The van der Waals surface area contributed by atoms with Crippen molar-refractivity contribution in [3.63, 3.8) is 0 Å². The van der Waals surface area contributed by atoms with Gasteiger partial charge < -0.3 is 18.9 Å². The average molecular weight is 398 g/mol. The van der Waals surface area contributed by atoms with E-state index in [0.29, 0.717) is 25.6 Å². The van der Waals surface area contributed by atoms with Crippen molar-refractivity contribution in [2.24, 2.45) is 5.92 Å². The van der Waals surface area contributed by atoms with Crippen LogP contribution in [0, 0.1) is 5.92 Å². The predicted octanol–water partition coefficient (Wildman–Crippen LogP) is 3.77. The lowest BCUT2D eigenvalue weighted by Gasteiger charge is -2.31. The fourth-order valence-electron chi connectivity index (χ4n) is 3.18. The lowest BCUT2D eigenvalue weighted by molar-refractivity contribution is -0.137. The third-order valence-electron chi connectivity index (χ3n) is 4.53. The average Bonchev–Trinajstić information content (AvgIpc) is 3.15. The van der Waals surface area contributed by atoms with Crippen molar-refractivity contribution in [3.8, 4) is 5.75 Å². The molecule has 152 valence electrons. The van der Waals surface area contributed by atoms with Gasteiger partial charge in [0.1, 0.15) is 12.4 Å². The standard InChI is InChI=1S/C19H21F3N2O4/c1-26-11-13-4-3-7-24(10-13)18(25)17-9-16(28-23-17)12-27-15-6-2-5-14(8-15)19(20,21)22/h2,5-6,8-9,13H,3-4,7,10-12H2,1H3/t13-/m1/s1. The minimum atomic E-state index is -4.44. The number of likely N-dealkylation sites (tertiary alicyclic amines) is 1. The van der Waals surface area contributed by atoms with Crippen molar-refractivity contribution < 1.29 is 32.0 Å². The van der Waals surface area contributed by atoms with Gasteiger partial charge in [0.25, 0.3) is 5.91 Å². The lowest BCUT2D eigenvalue weighted by Crippen LogP contribution is -2.41. The summed E-state index contributed by atoms with van der Waals surface area (Å²) in [4.78, 5) is 14.3. The monoisotopic (exact) mass is 398 g/mol. The number of aromatic nitrogens is 1. The molecule has 9 heteroatoms. The second-order valence-corrected chi connectivity index (χ2v) is 6.71. The van der Waals surface area contributed by atoms with Gasteiger partial charge in [0, 0.05) is 26.3 Å². The van der Waals surface area contributed by atoms with E-state index in [1.807, 2.05) is 0 Å². The van der Waals surface area contributed by atoms with E-state index in [1.54, 1.807) is 12.0 Å². The number of hydrogen-bond donors (Lipinski definition) is 0. The van der Waals surface area contributed by atoms with Crippen LogP contribution >= 0.6 is 0 Å². The fraction of sp³-hybridized carbons (Fsp3) is 0.474. The number of nitrogens with zero attached hydrogens (tertiary/aromatic N) is 2. The molecule has 6 nitrogen and oxygen atoms in total. The number of carbonyl (C=O) groups excluding carboxylic acids is 1. The molecule has 1 aliphatic heterocycles. The van der Waals surface area contributed by atoms with Crippen LogP contribution in [0.1, 0.15) is 34.7 Å². The lowest BCUT2D eigenvalue weighted by atomic mass is 9.99. The summed E-state index contributed by atoms with van der Waals surface area (Å²) in [6, 6.07) is 6.01. The Kier molecular flexibility index (Phi) is 6.23. The zero-order chi connectivity index (χ0) is 20.1. The van der Waals surface area contributed by atoms with Crippen LogP contribution in [0.3, 0.4) is 0 Å². The Labute approximate surface area is 160 Å². The smallest absolute Gasteiger partial charge is 0.416 e. The number of rotatable bonds is 6. The summed E-state index contributed by atoms with van der Waals surface area (Å²) in [5, 5.41) is 3.77. The summed E-state index contributed by atoms with van der Waals surface area (Å²) >= 11 is 0. The van der Waals surface area contributed by atoms with Gasteiger partial charge in [-0.2, -0.15) is 13.2 Å². The van der Waals surface area contributed by atoms with Gasteiger partial charge in [-0.15, -0.1) is 0 Å². The highest BCUT2D eigenvalue weighted by Crippen LogP contribution is 2.31. The van der Waals surface area contributed by atoms with Gasteiger partial charge in [-0.25, -0.2) is 0 Å². The maximum absolute atomic E-state index is 12.7. The summed E-state index contributed by atoms with van der Waals surface area (Å²) in [6.07, 6.45) is -2.55. The number of benzene rings is 1. The number of hydrogen-bond acceptors (Lipinski definition) is 5. The first-order valence-electron chi connectivity index (χ1n) is 8.90. The highest BCUT2D eigenvalue weighted by atomic mass is 19.4. The van der Waals surface area contributed by atoms with E-state index < -0.39 is 11.7 Å². The summed E-state index contributed by atoms with van der Waals surface area (Å²) in [6.45, 7) is 1.70. The first-order valence-corrected chi connectivity index (χ1v) is 8.90. The zero-order valence-corrected chi connectivity index (χ0v) is 15.4. The zero-order valence-electron chi connectivity index (χ0n) is 15.4. The normalized spacial score (nSPS) is 17.6. The molecule has 1 aromatic heterocycles. The molecule has 0 unspecified atom stereocenters. The summed E-state index contributed by atoms with van der Waals surface area (Å²) < 4.78 is 53.8. The summed E-state index contributed by atoms with van der Waals surface area (Å²) in [5.74, 6) is 0.358.